The van der Waals surface area contributed by atoms with Gasteiger partial charge in [0.15, 0.2) is 0 Å². The molecule has 0 aliphatic carbocycles. The normalized spacial score (nSPS) is 10.9. The fourth-order valence-electron chi connectivity index (χ4n) is 2.05. The number of nitrogens with zero attached hydrogens (tertiary/aromatic N) is 3. The number of carbonyl (C=O) groups is 1. The third kappa shape index (κ3) is 4.39. The number of aromatic amines is 1. The molecule has 1 aromatic heterocycles. The van der Waals surface area contributed by atoms with Crippen molar-refractivity contribution in [3.8, 4) is 0 Å². The van der Waals surface area contributed by atoms with E-state index in [1.54, 1.807) is 0 Å². The summed E-state index contributed by atoms with van der Waals surface area (Å²) in [5.41, 5.74) is 1.89. The first-order valence-electron chi connectivity index (χ1n) is 7.04. The van der Waals surface area contributed by atoms with Crippen LogP contribution in [0.4, 0.5) is 5.69 Å². The van der Waals surface area contributed by atoms with Gasteiger partial charge in [0.05, 0.1) is 0 Å². The van der Waals surface area contributed by atoms with Gasteiger partial charge in [0.1, 0.15) is 5.82 Å². The van der Waals surface area contributed by atoms with E-state index in [4.69, 9.17) is 0 Å². The quantitative estimate of drug-likeness (QED) is 0.853. The summed E-state index contributed by atoms with van der Waals surface area (Å²) in [7, 11) is 4.02. The molecule has 0 atom stereocenters. The number of benzene rings is 1. The lowest BCUT2D eigenvalue weighted by Crippen LogP contribution is -2.15. The zero-order valence-electron chi connectivity index (χ0n) is 12.7. The second-order valence-electron chi connectivity index (χ2n) is 5.25. The van der Waals surface area contributed by atoms with Gasteiger partial charge in [-0.15, -0.1) is 5.10 Å². The Bertz CT molecular complexity index is 606. The summed E-state index contributed by atoms with van der Waals surface area (Å²) in [6.45, 7) is 2.88. The van der Waals surface area contributed by atoms with E-state index in [2.05, 4.69) is 32.3 Å². The van der Waals surface area contributed by atoms with Crippen molar-refractivity contribution in [2.75, 3.05) is 19.4 Å². The van der Waals surface area contributed by atoms with Crippen molar-refractivity contribution in [1.82, 2.24) is 20.1 Å². The van der Waals surface area contributed by atoms with E-state index in [0.717, 1.165) is 36.5 Å². The summed E-state index contributed by atoms with van der Waals surface area (Å²) in [6, 6.07) is 7.77. The largest absolute Gasteiger partial charge is 0.319 e. The van der Waals surface area contributed by atoms with Gasteiger partial charge in [0, 0.05) is 18.7 Å². The third-order valence-corrected chi connectivity index (χ3v) is 2.91. The molecule has 0 fully saturated rings. The Morgan fingerprint density at radius 1 is 1.38 bits per heavy atom. The maximum Gasteiger partial charge on any atom is 0.295 e. The van der Waals surface area contributed by atoms with Gasteiger partial charge in [0.25, 0.3) is 5.91 Å². The van der Waals surface area contributed by atoms with Crippen LogP contribution in [0.25, 0.3) is 0 Å². The average Bonchev–Trinajstić information content (AvgIpc) is 2.87. The number of aryl methyl sites for hydroxylation is 1. The highest BCUT2D eigenvalue weighted by atomic mass is 16.2. The van der Waals surface area contributed by atoms with Crippen LogP contribution >= 0.6 is 0 Å². The van der Waals surface area contributed by atoms with Crippen molar-refractivity contribution in [1.29, 1.82) is 0 Å². The minimum atomic E-state index is -0.296. The molecule has 112 valence electrons. The first-order chi connectivity index (χ1) is 10.1. The molecule has 1 aromatic carbocycles. The first kappa shape index (κ1) is 15.2. The third-order valence-electron chi connectivity index (χ3n) is 2.91. The van der Waals surface area contributed by atoms with Gasteiger partial charge in [-0.3, -0.25) is 9.89 Å². The number of H-pyrrole nitrogens is 1. The fraction of sp³-hybridized carbons (Fsp3) is 0.400. The first-order valence-corrected chi connectivity index (χ1v) is 7.04. The van der Waals surface area contributed by atoms with Gasteiger partial charge < -0.3 is 10.2 Å². The number of anilines is 1. The Balaban J connectivity index is 2.04. The van der Waals surface area contributed by atoms with Crippen molar-refractivity contribution >= 4 is 11.6 Å². The maximum absolute atomic E-state index is 12.1. The van der Waals surface area contributed by atoms with E-state index < -0.39 is 0 Å². The van der Waals surface area contributed by atoms with E-state index in [0.29, 0.717) is 0 Å². The highest BCUT2D eigenvalue weighted by Gasteiger charge is 2.12. The molecular weight excluding hydrogens is 266 g/mol. The van der Waals surface area contributed by atoms with Crippen LogP contribution in [0.3, 0.4) is 0 Å². The monoisotopic (exact) mass is 287 g/mol. The average molecular weight is 287 g/mol. The number of aromatic nitrogens is 3. The molecule has 0 radical (unpaired) electrons. The summed E-state index contributed by atoms with van der Waals surface area (Å²) in [5, 5.41) is 9.55. The van der Waals surface area contributed by atoms with Crippen molar-refractivity contribution in [3.63, 3.8) is 0 Å². The number of nitrogens with one attached hydrogen (secondary N) is 2. The highest BCUT2D eigenvalue weighted by Crippen LogP contribution is 2.12. The van der Waals surface area contributed by atoms with Crippen molar-refractivity contribution in [2.45, 2.75) is 26.3 Å². The molecular formula is C15H21N5O. The maximum atomic E-state index is 12.1. The number of carbonyl (C=O) groups excluding carboxylic acids is 1. The molecule has 6 heteroatoms. The lowest BCUT2D eigenvalue weighted by Gasteiger charge is -2.11. The standard InChI is InChI=1S/C15H21N5O/c1-4-6-13-17-14(19-18-13)15(21)16-12-8-5-7-11(9-12)10-20(2)3/h5,7-9H,4,6,10H2,1-3H3,(H,16,21)(H,17,18,19). The zero-order chi connectivity index (χ0) is 15.2. The minimum absolute atomic E-state index is 0.177. The lowest BCUT2D eigenvalue weighted by molar-refractivity contribution is 0.101. The van der Waals surface area contributed by atoms with Crippen LogP contribution in [0, 0.1) is 0 Å². The van der Waals surface area contributed by atoms with Crippen LogP contribution in [0.1, 0.15) is 35.4 Å². The predicted octanol–water partition coefficient (Wildman–Crippen LogP) is 2.07. The molecule has 2 rings (SSSR count). The van der Waals surface area contributed by atoms with Gasteiger partial charge in [-0.05, 0) is 38.2 Å². The second kappa shape index (κ2) is 6.99. The summed E-state index contributed by atoms with van der Waals surface area (Å²) < 4.78 is 0. The van der Waals surface area contributed by atoms with Crippen LogP contribution < -0.4 is 5.32 Å². The number of hydrogen-bond acceptors (Lipinski definition) is 4. The van der Waals surface area contributed by atoms with E-state index >= 15 is 0 Å². The highest BCUT2D eigenvalue weighted by molar-refractivity contribution is 6.01. The summed E-state index contributed by atoms with van der Waals surface area (Å²) >= 11 is 0. The molecule has 6 nitrogen and oxygen atoms in total. The van der Waals surface area contributed by atoms with Crippen LogP contribution in [0.15, 0.2) is 24.3 Å². The lowest BCUT2D eigenvalue weighted by atomic mass is 10.2. The molecule has 0 saturated carbocycles. The Morgan fingerprint density at radius 2 is 2.19 bits per heavy atom. The molecule has 1 amide bonds. The smallest absolute Gasteiger partial charge is 0.295 e. The molecule has 1 heterocycles. The van der Waals surface area contributed by atoms with E-state index in [1.165, 1.54) is 0 Å². The van der Waals surface area contributed by atoms with Crippen molar-refractivity contribution in [2.24, 2.45) is 0 Å². The Kier molecular flexibility index (Phi) is 5.05. The molecule has 2 N–H and O–H groups in total. The Morgan fingerprint density at radius 3 is 2.90 bits per heavy atom. The summed E-state index contributed by atoms with van der Waals surface area (Å²) in [4.78, 5) is 18.4. The molecule has 0 aliphatic heterocycles. The predicted molar refractivity (Wildman–Crippen MR) is 82.2 cm³/mol. The van der Waals surface area contributed by atoms with Crippen LogP contribution in [0.5, 0.6) is 0 Å². The van der Waals surface area contributed by atoms with Gasteiger partial charge in [-0.2, -0.15) is 0 Å². The number of rotatable bonds is 6. The zero-order valence-corrected chi connectivity index (χ0v) is 12.7. The van der Waals surface area contributed by atoms with Gasteiger partial charge >= 0.3 is 0 Å². The number of hydrogen-bond donors (Lipinski definition) is 2. The molecule has 2 aromatic rings. The molecule has 0 bridgehead atoms. The van der Waals surface area contributed by atoms with Crippen molar-refractivity contribution in [3.05, 3.63) is 41.5 Å². The fourth-order valence-corrected chi connectivity index (χ4v) is 2.05. The molecule has 0 spiro atoms. The SMILES string of the molecule is CCCc1nc(C(=O)Nc2cccc(CN(C)C)c2)n[nH]1. The van der Waals surface area contributed by atoms with Gasteiger partial charge in [-0.25, -0.2) is 4.98 Å². The minimum Gasteiger partial charge on any atom is -0.319 e. The van der Waals surface area contributed by atoms with E-state index in [9.17, 15) is 4.79 Å². The summed E-state index contributed by atoms with van der Waals surface area (Å²) in [6.07, 6.45) is 1.75. The summed E-state index contributed by atoms with van der Waals surface area (Å²) in [5.74, 6) is 0.621. The molecule has 21 heavy (non-hydrogen) atoms. The van der Waals surface area contributed by atoms with E-state index in [1.807, 2.05) is 38.4 Å². The van der Waals surface area contributed by atoms with Gasteiger partial charge in [-0.1, -0.05) is 19.1 Å². The number of amides is 1. The Hall–Kier alpha value is -2.21. The van der Waals surface area contributed by atoms with Gasteiger partial charge in [0.2, 0.25) is 5.82 Å². The van der Waals surface area contributed by atoms with Crippen LogP contribution in [-0.2, 0) is 13.0 Å². The molecule has 0 aliphatic rings. The van der Waals surface area contributed by atoms with Crippen LogP contribution in [0.2, 0.25) is 0 Å². The Labute approximate surface area is 124 Å². The molecule has 0 unspecified atom stereocenters. The van der Waals surface area contributed by atoms with E-state index in [-0.39, 0.29) is 11.7 Å². The molecule has 0 saturated heterocycles. The second-order valence-corrected chi connectivity index (χ2v) is 5.25. The van der Waals surface area contributed by atoms with Crippen molar-refractivity contribution < 1.29 is 4.79 Å². The topological polar surface area (TPSA) is 73.9 Å². The van der Waals surface area contributed by atoms with Crippen LogP contribution in [-0.4, -0.2) is 40.1 Å².